The van der Waals surface area contributed by atoms with Crippen LogP contribution in [-0.4, -0.2) is 31.3 Å². The summed E-state index contributed by atoms with van der Waals surface area (Å²) < 4.78 is 10.7. The van der Waals surface area contributed by atoms with Crippen molar-refractivity contribution in [3.63, 3.8) is 0 Å². The van der Waals surface area contributed by atoms with E-state index in [1.165, 1.54) is 89.9 Å². The molecule has 208 valence electrons. The van der Waals surface area contributed by atoms with Gasteiger partial charge in [-0.3, -0.25) is 0 Å². The summed E-state index contributed by atoms with van der Waals surface area (Å²) in [5.41, 5.74) is -0.112. The summed E-state index contributed by atoms with van der Waals surface area (Å²) in [6.07, 6.45) is 21.1. The summed E-state index contributed by atoms with van der Waals surface area (Å²) >= 11 is 0. The average Bonchev–Trinajstić information content (AvgIpc) is 2.78. The molecule has 5 nitrogen and oxygen atoms in total. The van der Waals surface area contributed by atoms with Crippen LogP contribution in [0.4, 0.5) is 4.79 Å². The molecule has 0 aromatic rings. The Morgan fingerprint density at radius 1 is 0.686 bits per heavy atom. The molecule has 1 amide bonds. The first kappa shape index (κ1) is 33.7. The molecular weight excluding hydrogens is 438 g/mol. The number of carbonyl (C=O) groups excluding carboxylic acids is 2. The number of rotatable bonds is 22. The Bertz CT molecular complexity index is 513. The highest BCUT2D eigenvalue weighted by Crippen LogP contribution is 2.15. The molecule has 0 heterocycles. The summed E-state index contributed by atoms with van der Waals surface area (Å²) in [6, 6.07) is -0.650. The number of esters is 1. The number of ether oxygens (including phenoxy) is 2. The highest BCUT2D eigenvalue weighted by atomic mass is 16.6. The number of carbonyl (C=O) groups is 2. The molecule has 1 unspecified atom stereocenters. The number of alkyl carbamates (subject to hydrolysis) is 1. The third kappa shape index (κ3) is 24.2. The Morgan fingerprint density at radius 3 is 1.51 bits per heavy atom. The van der Waals surface area contributed by atoms with Gasteiger partial charge in [0.1, 0.15) is 6.04 Å². The van der Waals surface area contributed by atoms with E-state index in [1.807, 2.05) is 34.6 Å². The first-order valence-electron chi connectivity index (χ1n) is 14.8. The molecule has 0 rings (SSSR count). The van der Waals surface area contributed by atoms with Crippen LogP contribution in [0, 0.1) is 11.3 Å². The van der Waals surface area contributed by atoms with E-state index in [0.29, 0.717) is 19.6 Å². The van der Waals surface area contributed by atoms with Crippen LogP contribution >= 0.6 is 0 Å². The van der Waals surface area contributed by atoms with E-state index in [1.54, 1.807) is 0 Å². The largest absolute Gasteiger partial charge is 0.464 e. The summed E-state index contributed by atoms with van der Waals surface area (Å²) in [4.78, 5) is 24.6. The minimum absolute atomic E-state index is 0.112. The van der Waals surface area contributed by atoms with E-state index in [4.69, 9.17) is 9.47 Å². The maximum absolute atomic E-state index is 12.5. The Kier molecular flexibility index (Phi) is 21.2. The van der Waals surface area contributed by atoms with Gasteiger partial charge in [-0.2, -0.15) is 0 Å². The molecule has 0 aliphatic rings. The Hall–Kier alpha value is -1.26. The third-order valence-electron chi connectivity index (χ3n) is 6.16. The topological polar surface area (TPSA) is 64.6 Å². The number of unbranched alkanes of at least 4 members (excludes halogenated alkanes) is 15. The predicted octanol–water partition coefficient (Wildman–Crippen LogP) is 8.98. The van der Waals surface area contributed by atoms with Gasteiger partial charge in [0, 0.05) is 0 Å². The number of hydrogen-bond acceptors (Lipinski definition) is 4. The van der Waals surface area contributed by atoms with E-state index >= 15 is 0 Å². The quantitative estimate of drug-likeness (QED) is 0.120. The second kappa shape index (κ2) is 22.0. The first-order valence-corrected chi connectivity index (χ1v) is 14.8. The van der Waals surface area contributed by atoms with Crippen LogP contribution < -0.4 is 5.32 Å². The van der Waals surface area contributed by atoms with Crippen molar-refractivity contribution >= 4 is 12.1 Å². The molecule has 0 aliphatic heterocycles. The standard InChI is InChI=1S/C30H59NO4/c1-7-8-9-10-11-12-13-14-15-16-17-18-19-20-21-22-23-34-28(32)27(24-26(2)3)31-29(33)35-25-30(4,5)6/h26-27H,7-25H2,1-6H3,(H,31,33). The van der Waals surface area contributed by atoms with Crippen LogP contribution in [0.1, 0.15) is 151 Å². The van der Waals surface area contributed by atoms with Crippen molar-refractivity contribution in [2.75, 3.05) is 13.2 Å². The molecule has 0 saturated carbocycles. The molecule has 1 N–H and O–H groups in total. The predicted molar refractivity (Wildman–Crippen MR) is 148 cm³/mol. The highest BCUT2D eigenvalue weighted by Gasteiger charge is 2.24. The lowest BCUT2D eigenvalue weighted by Crippen LogP contribution is -2.43. The number of nitrogens with one attached hydrogen (secondary N) is 1. The molecule has 35 heavy (non-hydrogen) atoms. The lowest BCUT2D eigenvalue weighted by Gasteiger charge is -2.22. The monoisotopic (exact) mass is 497 g/mol. The second-order valence-electron chi connectivity index (χ2n) is 11.9. The van der Waals surface area contributed by atoms with Crippen LogP contribution in [0.15, 0.2) is 0 Å². The van der Waals surface area contributed by atoms with Crippen molar-refractivity contribution in [3.05, 3.63) is 0 Å². The van der Waals surface area contributed by atoms with Crippen molar-refractivity contribution in [3.8, 4) is 0 Å². The van der Waals surface area contributed by atoms with Crippen molar-refractivity contribution in [1.82, 2.24) is 5.32 Å². The Balaban J connectivity index is 3.73. The van der Waals surface area contributed by atoms with Crippen molar-refractivity contribution in [1.29, 1.82) is 0 Å². The SMILES string of the molecule is CCCCCCCCCCCCCCCCCCOC(=O)C(CC(C)C)NC(=O)OCC(C)(C)C. The molecule has 0 saturated heterocycles. The maximum Gasteiger partial charge on any atom is 0.407 e. The van der Waals surface area contributed by atoms with Gasteiger partial charge in [0.05, 0.1) is 13.2 Å². The minimum Gasteiger partial charge on any atom is -0.464 e. The molecule has 0 bridgehead atoms. The Labute approximate surface area is 217 Å². The fraction of sp³-hybridized carbons (Fsp3) is 0.933. The van der Waals surface area contributed by atoms with Gasteiger partial charge in [0.15, 0.2) is 0 Å². The van der Waals surface area contributed by atoms with Crippen LogP contribution in [-0.2, 0) is 14.3 Å². The van der Waals surface area contributed by atoms with Gasteiger partial charge in [-0.15, -0.1) is 0 Å². The maximum atomic E-state index is 12.5. The lowest BCUT2D eigenvalue weighted by molar-refractivity contribution is -0.146. The Morgan fingerprint density at radius 2 is 1.11 bits per heavy atom. The summed E-state index contributed by atoms with van der Waals surface area (Å²) in [5, 5.41) is 2.69. The zero-order valence-corrected chi connectivity index (χ0v) is 24.2. The van der Waals surface area contributed by atoms with Crippen molar-refractivity contribution in [2.24, 2.45) is 11.3 Å². The molecule has 0 fully saturated rings. The molecule has 0 spiro atoms. The number of hydrogen-bond donors (Lipinski definition) is 1. The summed E-state index contributed by atoms with van der Waals surface area (Å²) in [7, 11) is 0. The minimum atomic E-state index is -0.650. The lowest BCUT2D eigenvalue weighted by atomic mass is 9.99. The molecule has 0 radical (unpaired) electrons. The second-order valence-corrected chi connectivity index (χ2v) is 11.9. The molecule has 0 aromatic heterocycles. The van der Waals surface area contributed by atoms with Gasteiger partial charge >= 0.3 is 12.1 Å². The molecule has 0 aromatic carbocycles. The number of amides is 1. The summed E-state index contributed by atoms with van der Waals surface area (Å²) in [5.74, 6) is -0.0848. The van der Waals surface area contributed by atoms with Crippen molar-refractivity contribution in [2.45, 2.75) is 157 Å². The third-order valence-corrected chi connectivity index (χ3v) is 6.16. The van der Waals surface area contributed by atoms with Gasteiger partial charge < -0.3 is 14.8 Å². The van der Waals surface area contributed by atoms with Gasteiger partial charge in [-0.25, -0.2) is 9.59 Å². The molecule has 1 atom stereocenters. The van der Waals surface area contributed by atoms with E-state index in [0.717, 1.165) is 12.8 Å². The first-order chi connectivity index (χ1) is 16.7. The fourth-order valence-corrected chi connectivity index (χ4v) is 4.07. The smallest absolute Gasteiger partial charge is 0.407 e. The van der Waals surface area contributed by atoms with Gasteiger partial charge in [0.2, 0.25) is 0 Å². The molecular formula is C30H59NO4. The van der Waals surface area contributed by atoms with Crippen LogP contribution in [0.2, 0.25) is 0 Å². The highest BCUT2D eigenvalue weighted by molar-refractivity contribution is 5.81. The van der Waals surface area contributed by atoms with Crippen molar-refractivity contribution < 1.29 is 19.1 Å². The zero-order chi connectivity index (χ0) is 26.4. The van der Waals surface area contributed by atoms with Crippen LogP contribution in [0.25, 0.3) is 0 Å². The fourth-order valence-electron chi connectivity index (χ4n) is 4.07. The van der Waals surface area contributed by atoms with Crippen LogP contribution in [0.5, 0.6) is 0 Å². The van der Waals surface area contributed by atoms with Gasteiger partial charge in [-0.1, -0.05) is 138 Å². The van der Waals surface area contributed by atoms with E-state index < -0.39 is 12.1 Å². The van der Waals surface area contributed by atoms with E-state index in [2.05, 4.69) is 12.2 Å². The average molecular weight is 498 g/mol. The normalized spacial score (nSPS) is 12.5. The van der Waals surface area contributed by atoms with Gasteiger partial charge in [-0.05, 0) is 24.2 Å². The van der Waals surface area contributed by atoms with Crippen LogP contribution in [0.3, 0.4) is 0 Å². The molecule has 5 heteroatoms. The molecule has 0 aliphatic carbocycles. The zero-order valence-electron chi connectivity index (χ0n) is 24.2. The van der Waals surface area contributed by atoms with E-state index in [9.17, 15) is 9.59 Å². The van der Waals surface area contributed by atoms with Gasteiger partial charge in [0.25, 0.3) is 0 Å². The van der Waals surface area contributed by atoms with E-state index in [-0.39, 0.29) is 17.3 Å². The summed E-state index contributed by atoms with van der Waals surface area (Å²) in [6.45, 7) is 13.0.